The van der Waals surface area contributed by atoms with Gasteiger partial charge in [-0.3, -0.25) is 0 Å². The summed E-state index contributed by atoms with van der Waals surface area (Å²) in [7, 11) is 1.00. The molecule has 19 heavy (non-hydrogen) atoms. The predicted molar refractivity (Wildman–Crippen MR) is 53.9 cm³/mol. The third-order valence-electron chi connectivity index (χ3n) is 2.12. The Bertz CT molecular complexity index is 525. The van der Waals surface area contributed by atoms with Gasteiger partial charge in [-0.15, -0.1) is 0 Å². The minimum atomic E-state index is -5.28. The van der Waals surface area contributed by atoms with E-state index in [1.165, 1.54) is 6.07 Å². The molecule has 0 bridgehead atoms. The zero-order valence-corrected chi connectivity index (χ0v) is 10.7. The van der Waals surface area contributed by atoms with Crippen LogP contribution in [0, 0.1) is 11.3 Å². The second kappa shape index (κ2) is 5.05. The van der Waals surface area contributed by atoms with Gasteiger partial charge in [-0.2, -0.15) is 31.6 Å². The van der Waals surface area contributed by atoms with Crippen molar-refractivity contribution >= 4 is 15.9 Å². The highest BCUT2D eigenvalue weighted by atomic mass is 79.9. The maximum atomic E-state index is 12.8. The Kier molecular flexibility index (Phi) is 4.21. The minimum Gasteiger partial charge on any atom is -0.364 e. The number of hydrogen-bond donors (Lipinski definition) is 0. The van der Waals surface area contributed by atoms with Crippen LogP contribution in [0.1, 0.15) is 17.0 Å². The van der Waals surface area contributed by atoms with Crippen molar-refractivity contribution in [3.05, 3.63) is 21.4 Å². The Hall–Kier alpha value is -1.21. The fourth-order valence-corrected chi connectivity index (χ4v) is 2.22. The van der Waals surface area contributed by atoms with E-state index in [4.69, 9.17) is 5.26 Å². The molecular formula is C9H5BrF6N2O. The molecule has 0 aliphatic carbocycles. The third-order valence-corrected chi connectivity index (χ3v) is 2.89. The average Bonchev–Trinajstić information content (AvgIpc) is 2.50. The molecule has 0 radical (unpaired) electrons. The summed E-state index contributed by atoms with van der Waals surface area (Å²) in [5.74, 6) is 0. The van der Waals surface area contributed by atoms with Crippen LogP contribution in [0.4, 0.5) is 26.3 Å². The van der Waals surface area contributed by atoms with E-state index >= 15 is 0 Å². The fraction of sp³-hybridized carbons (Fsp3) is 0.444. The summed E-state index contributed by atoms with van der Waals surface area (Å²) in [5, 5.41) is 8.70. The van der Waals surface area contributed by atoms with Gasteiger partial charge in [0.05, 0.1) is 4.47 Å². The lowest BCUT2D eigenvalue weighted by molar-refractivity contribution is -0.167. The second-order valence-electron chi connectivity index (χ2n) is 3.34. The van der Waals surface area contributed by atoms with Crippen molar-refractivity contribution in [2.45, 2.75) is 19.1 Å². The topological polar surface area (TPSA) is 38.0 Å². The first-order valence-electron chi connectivity index (χ1n) is 4.51. The van der Waals surface area contributed by atoms with Gasteiger partial charge in [-0.05, 0) is 15.9 Å². The van der Waals surface area contributed by atoms with Gasteiger partial charge in [0.25, 0.3) is 0 Å². The van der Waals surface area contributed by atoms with Crippen molar-refractivity contribution in [2.24, 2.45) is 0 Å². The SMILES string of the molecule is COCn1c(C#N)c(Br)c(C(F)(F)F)c1C(F)(F)F. The Morgan fingerprint density at radius 2 is 1.74 bits per heavy atom. The van der Waals surface area contributed by atoms with Crippen LogP contribution in [0.3, 0.4) is 0 Å². The molecular weight excluding hydrogens is 346 g/mol. The first kappa shape index (κ1) is 15.8. The summed E-state index contributed by atoms with van der Waals surface area (Å²) in [6, 6.07) is 1.29. The summed E-state index contributed by atoms with van der Waals surface area (Å²) < 4.78 is 80.1. The van der Waals surface area contributed by atoms with Crippen molar-refractivity contribution in [1.29, 1.82) is 5.26 Å². The van der Waals surface area contributed by atoms with Crippen LogP contribution >= 0.6 is 15.9 Å². The molecule has 0 aliphatic rings. The van der Waals surface area contributed by atoms with Crippen LogP contribution < -0.4 is 0 Å². The van der Waals surface area contributed by atoms with Gasteiger partial charge in [0.1, 0.15) is 29.8 Å². The molecule has 0 spiro atoms. The molecule has 0 aromatic carbocycles. The highest BCUT2D eigenvalue weighted by molar-refractivity contribution is 9.10. The van der Waals surface area contributed by atoms with Crippen LogP contribution in [0.5, 0.6) is 0 Å². The van der Waals surface area contributed by atoms with Crippen LogP contribution in [-0.4, -0.2) is 11.7 Å². The first-order chi connectivity index (χ1) is 8.55. The molecule has 0 unspecified atom stereocenters. The monoisotopic (exact) mass is 350 g/mol. The van der Waals surface area contributed by atoms with Crippen molar-refractivity contribution in [1.82, 2.24) is 4.57 Å². The van der Waals surface area contributed by atoms with Crippen molar-refractivity contribution in [2.75, 3.05) is 7.11 Å². The number of rotatable bonds is 2. The van der Waals surface area contributed by atoms with Gasteiger partial charge < -0.3 is 9.30 Å². The van der Waals surface area contributed by atoms with Gasteiger partial charge in [-0.25, -0.2) is 0 Å². The second-order valence-corrected chi connectivity index (χ2v) is 4.13. The van der Waals surface area contributed by atoms with E-state index in [0.29, 0.717) is 0 Å². The molecule has 10 heteroatoms. The van der Waals surface area contributed by atoms with E-state index in [9.17, 15) is 26.3 Å². The molecule has 0 saturated carbocycles. The van der Waals surface area contributed by atoms with E-state index in [2.05, 4.69) is 20.7 Å². The number of alkyl halides is 6. The summed E-state index contributed by atoms with van der Waals surface area (Å²) >= 11 is 2.39. The van der Waals surface area contributed by atoms with Crippen molar-refractivity contribution in [3.8, 4) is 6.07 Å². The van der Waals surface area contributed by atoms with Gasteiger partial charge in [0.2, 0.25) is 0 Å². The maximum Gasteiger partial charge on any atom is 0.432 e. The maximum absolute atomic E-state index is 12.8. The Labute approximate surface area is 111 Å². The lowest BCUT2D eigenvalue weighted by atomic mass is 10.2. The summed E-state index contributed by atoms with van der Waals surface area (Å²) in [6.07, 6.45) is -10.5. The minimum absolute atomic E-state index is 0.132. The number of hydrogen-bond acceptors (Lipinski definition) is 2. The Morgan fingerprint density at radius 3 is 2.05 bits per heavy atom. The van der Waals surface area contributed by atoms with E-state index < -0.39 is 40.5 Å². The van der Waals surface area contributed by atoms with Crippen molar-refractivity contribution < 1.29 is 31.1 Å². The molecule has 106 valence electrons. The largest absolute Gasteiger partial charge is 0.432 e. The molecule has 0 saturated heterocycles. The van der Waals surface area contributed by atoms with Crippen LogP contribution in [0.25, 0.3) is 0 Å². The lowest BCUT2D eigenvalue weighted by Crippen LogP contribution is -2.20. The molecule has 3 nitrogen and oxygen atoms in total. The molecule has 0 N–H and O–H groups in total. The smallest absolute Gasteiger partial charge is 0.364 e. The van der Waals surface area contributed by atoms with Gasteiger partial charge >= 0.3 is 12.4 Å². The molecule has 0 atom stereocenters. The lowest BCUT2D eigenvalue weighted by Gasteiger charge is -2.15. The van der Waals surface area contributed by atoms with E-state index in [-0.39, 0.29) is 4.57 Å². The molecule has 0 fully saturated rings. The summed E-state index contributed by atoms with van der Waals surface area (Å²) in [4.78, 5) is 0. The van der Waals surface area contributed by atoms with E-state index in [1.807, 2.05) is 0 Å². The summed E-state index contributed by atoms with van der Waals surface area (Å²) in [5.41, 5.74) is -4.71. The fourth-order valence-electron chi connectivity index (χ4n) is 1.51. The number of ether oxygens (including phenoxy) is 1. The number of methoxy groups -OCH3 is 1. The van der Waals surface area contributed by atoms with Gasteiger partial charge in [0, 0.05) is 7.11 Å². The Morgan fingerprint density at radius 1 is 1.21 bits per heavy atom. The van der Waals surface area contributed by atoms with Crippen LogP contribution in [0.15, 0.2) is 4.47 Å². The predicted octanol–water partition coefficient (Wildman–Crippen LogP) is 3.76. The quantitative estimate of drug-likeness (QED) is 0.761. The molecule has 1 aromatic rings. The van der Waals surface area contributed by atoms with Crippen LogP contribution in [-0.2, 0) is 23.8 Å². The summed E-state index contributed by atoms with van der Waals surface area (Å²) in [6.45, 7) is -0.827. The molecule has 1 heterocycles. The third kappa shape index (κ3) is 2.87. The van der Waals surface area contributed by atoms with Gasteiger partial charge in [-0.1, -0.05) is 0 Å². The Balaban J connectivity index is 3.78. The molecule has 1 rings (SSSR count). The molecule has 0 aliphatic heterocycles. The average molecular weight is 351 g/mol. The van der Waals surface area contributed by atoms with Crippen LogP contribution in [0.2, 0.25) is 0 Å². The normalized spacial score (nSPS) is 12.6. The molecule has 0 amide bonds. The zero-order chi connectivity index (χ0) is 15.0. The highest BCUT2D eigenvalue weighted by Gasteiger charge is 2.49. The zero-order valence-electron chi connectivity index (χ0n) is 9.16. The van der Waals surface area contributed by atoms with E-state index in [1.54, 1.807) is 0 Å². The van der Waals surface area contributed by atoms with Gasteiger partial charge in [0.15, 0.2) is 0 Å². The standard InChI is InChI=1S/C9H5BrF6N2O/c1-19-3-18-4(2-17)6(10)5(8(11,12)13)7(18)9(14,15)16/h3H2,1H3. The highest BCUT2D eigenvalue weighted by Crippen LogP contribution is 2.46. The number of nitriles is 1. The first-order valence-corrected chi connectivity index (χ1v) is 5.30. The number of aromatic nitrogens is 1. The number of halogens is 7. The number of nitrogens with zero attached hydrogens (tertiary/aromatic N) is 2. The van der Waals surface area contributed by atoms with Crippen molar-refractivity contribution in [3.63, 3.8) is 0 Å². The van der Waals surface area contributed by atoms with E-state index in [0.717, 1.165) is 7.11 Å². The molecule has 1 aromatic heterocycles.